The van der Waals surface area contributed by atoms with Crippen molar-refractivity contribution in [1.82, 2.24) is 4.90 Å². The van der Waals surface area contributed by atoms with Gasteiger partial charge in [-0.15, -0.1) is 24.0 Å². The number of piperidine rings is 1. The molecule has 0 bridgehead atoms. The Hall–Kier alpha value is -1.02. The number of benzene rings is 1. The van der Waals surface area contributed by atoms with E-state index in [-0.39, 0.29) is 30.1 Å². The molecule has 1 fully saturated rings. The van der Waals surface area contributed by atoms with Crippen molar-refractivity contribution in [3.8, 4) is 5.75 Å². The van der Waals surface area contributed by atoms with E-state index in [4.69, 9.17) is 10.5 Å². The van der Waals surface area contributed by atoms with Gasteiger partial charge in [0, 0.05) is 12.2 Å². The second kappa shape index (κ2) is 13.2. The van der Waals surface area contributed by atoms with Gasteiger partial charge in [0.25, 0.3) is 0 Å². The minimum Gasteiger partial charge on any atom is -0.491 e. The summed E-state index contributed by atoms with van der Waals surface area (Å²) in [5.41, 5.74) is 6.89. The quantitative estimate of drug-likeness (QED) is 0.240. The molecule has 1 aromatic carbocycles. The summed E-state index contributed by atoms with van der Waals surface area (Å²) < 4.78 is 5.63. The molecule has 0 aromatic heterocycles. The second-order valence-corrected chi connectivity index (χ2v) is 7.05. The molecule has 6 heteroatoms. The van der Waals surface area contributed by atoms with Crippen molar-refractivity contribution in [3.63, 3.8) is 0 Å². The lowest BCUT2D eigenvalue weighted by Gasteiger charge is -2.26. The normalized spacial score (nSPS) is 15.6. The van der Waals surface area contributed by atoms with E-state index >= 15 is 0 Å². The van der Waals surface area contributed by atoms with Gasteiger partial charge in [-0.3, -0.25) is 4.99 Å². The molecule has 5 nitrogen and oxygen atoms in total. The van der Waals surface area contributed by atoms with Gasteiger partial charge in [0.15, 0.2) is 5.96 Å². The van der Waals surface area contributed by atoms with Crippen LogP contribution in [0, 0.1) is 0 Å². The number of hydrogen-bond acceptors (Lipinski definition) is 3. The highest BCUT2D eigenvalue weighted by atomic mass is 127. The Balaban J connectivity index is 0.00000338. The predicted octanol–water partition coefficient (Wildman–Crippen LogP) is 4.47. The molecule has 1 aromatic rings. The Bertz CT molecular complexity index is 513. The number of rotatable bonds is 9. The number of anilines is 1. The predicted molar refractivity (Wildman–Crippen MR) is 122 cm³/mol. The molecule has 0 saturated carbocycles. The third kappa shape index (κ3) is 9.62. The van der Waals surface area contributed by atoms with Crippen LogP contribution in [-0.4, -0.2) is 43.1 Å². The molecule has 3 N–H and O–H groups in total. The summed E-state index contributed by atoms with van der Waals surface area (Å²) in [5.74, 6) is 1.35. The van der Waals surface area contributed by atoms with Crippen LogP contribution in [0.1, 0.15) is 52.4 Å². The monoisotopic (exact) mass is 474 g/mol. The average molecular weight is 474 g/mol. The smallest absolute Gasteiger partial charge is 0.193 e. The van der Waals surface area contributed by atoms with Crippen LogP contribution in [0.25, 0.3) is 0 Å². The van der Waals surface area contributed by atoms with Crippen LogP contribution in [0.4, 0.5) is 5.69 Å². The van der Waals surface area contributed by atoms with Crippen molar-refractivity contribution in [1.29, 1.82) is 0 Å². The zero-order chi connectivity index (χ0) is 17.9. The van der Waals surface area contributed by atoms with Gasteiger partial charge in [-0.2, -0.15) is 0 Å². The van der Waals surface area contributed by atoms with E-state index in [9.17, 15) is 0 Å². The first-order valence-corrected chi connectivity index (χ1v) is 9.69. The SMILES string of the molecule is CC(C)Oc1ccc(NC(N)=NCCCCCN2CCCCC2)cc1.I. The number of halogens is 1. The van der Waals surface area contributed by atoms with Crippen LogP contribution in [0.5, 0.6) is 5.75 Å². The van der Waals surface area contributed by atoms with E-state index in [1.54, 1.807) is 0 Å². The maximum absolute atomic E-state index is 5.96. The van der Waals surface area contributed by atoms with Crippen LogP contribution < -0.4 is 15.8 Å². The van der Waals surface area contributed by atoms with Crippen molar-refractivity contribution in [2.24, 2.45) is 10.7 Å². The summed E-state index contributed by atoms with van der Waals surface area (Å²) in [7, 11) is 0. The van der Waals surface area contributed by atoms with Crippen molar-refractivity contribution < 1.29 is 4.74 Å². The molecular formula is C20H35IN4O. The highest BCUT2D eigenvalue weighted by Gasteiger charge is 2.08. The molecule has 1 aliphatic rings. The third-order valence-electron chi connectivity index (χ3n) is 4.36. The number of nitrogens with one attached hydrogen (secondary N) is 1. The van der Waals surface area contributed by atoms with Gasteiger partial charge in [0.2, 0.25) is 0 Å². The standard InChI is InChI=1S/C20H34N4O.HI/c1-17(2)25-19-11-9-18(10-12-19)23-20(21)22-13-5-3-6-14-24-15-7-4-8-16-24;/h9-12,17H,3-8,13-16H2,1-2H3,(H3,21,22,23);1H. The third-order valence-corrected chi connectivity index (χ3v) is 4.36. The Morgan fingerprint density at radius 2 is 1.81 bits per heavy atom. The minimum absolute atomic E-state index is 0. The molecule has 1 heterocycles. The average Bonchev–Trinajstić information content (AvgIpc) is 2.60. The molecule has 26 heavy (non-hydrogen) atoms. The molecular weight excluding hydrogens is 439 g/mol. The molecule has 148 valence electrons. The Kier molecular flexibility index (Phi) is 11.7. The summed E-state index contributed by atoms with van der Waals surface area (Å²) >= 11 is 0. The molecule has 0 spiro atoms. The van der Waals surface area contributed by atoms with E-state index < -0.39 is 0 Å². The van der Waals surface area contributed by atoms with Crippen molar-refractivity contribution >= 4 is 35.6 Å². The number of unbranched alkanes of at least 4 members (excludes halogenated alkanes) is 2. The summed E-state index contributed by atoms with van der Waals surface area (Å²) in [5, 5.41) is 3.13. The second-order valence-electron chi connectivity index (χ2n) is 7.05. The molecule has 0 unspecified atom stereocenters. The zero-order valence-corrected chi connectivity index (χ0v) is 18.6. The van der Waals surface area contributed by atoms with Crippen molar-refractivity contribution in [2.75, 3.05) is 31.5 Å². The number of hydrogen-bond donors (Lipinski definition) is 2. The first-order valence-electron chi connectivity index (χ1n) is 9.69. The van der Waals surface area contributed by atoms with Gasteiger partial charge < -0.3 is 20.7 Å². The van der Waals surface area contributed by atoms with Crippen LogP contribution in [0.3, 0.4) is 0 Å². The summed E-state index contributed by atoms with van der Waals surface area (Å²) in [6, 6.07) is 7.80. The topological polar surface area (TPSA) is 62.9 Å². The minimum atomic E-state index is 0. The fourth-order valence-corrected chi connectivity index (χ4v) is 3.08. The van der Waals surface area contributed by atoms with E-state index in [1.165, 1.54) is 51.7 Å². The number of guanidine groups is 1. The summed E-state index contributed by atoms with van der Waals surface area (Å²) in [4.78, 5) is 7.01. The molecule has 0 aliphatic carbocycles. The highest BCUT2D eigenvalue weighted by Crippen LogP contribution is 2.16. The first-order chi connectivity index (χ1) is 12.1. The molecule has 0 amide bonds. The highest BCUT2D eigenvalue weighted by molar-refractivity contribution is 14.0. The largest absolute Gasteiger partial charge is 0.491 e. The molecule has 0 atom stereocenters. The van der Waals surface area contributed by atoms with Gasteiger partial charge >= 0.3 is 0 Å². The van der Waals surface area contributed by atoms with Gasteiger partial charge in [-0.05, 0) is 83.4 Å². The number of likely N-dealkylation sites (tertiary alicyclic amines) is 1. The lowest BCUT2D eigenvalue weighted by molar-refractivity contribution is 0.224. The van der Waals surface area contributed by atoms with E-state index in [2.05, 4.69) is 15.2 Å². The van der Waals surface area contributed by atoms with Gasteiger partial charge in [0.05, 0.1) is 6.10 Å². The van der Waals surface area contributed by atoms with E-state index in [0.29, 0.717) is 5.96 Å². The van der Waals surface area contributed by atoms with Crippen LogP contribution in [-0.2, 0) is 0 Å². The lowest BCUT2D eigenvalue weighted by atomic mass is 10.1. The Morgan fingerprint density at radius 1 is 1.12 bits per heavy atom. The summed E-state index contributed by atoms with van der Waals surface area (Å²) in [6.45, 7) is 8.63. The number of nitrogens with zero attached hydrogens (tertiary/aromatic N) is 2. The maximum Gasteiger partial charge on any atom is 0.193 e. The van der Waals surface area contributed by atoms with Gasteiger partial charge in [0.1, 0.15) is 5.75 Å². The maximum atomic E-state index is 5.96. The fourth-order valence-electron chi connectivity index (χ4n) is 3.08. The van der Waals surface area contributed by atoms with E-state index in [1.807, 2.05) is 38.1 Å². The number of aliphatic imine (C=N–C) groups is 1. The van der Waals surface area contributed by atoms with E-state index in [0.717, 1.165) is 24.4 Å². The van der Waals surface area contributed by atoms with Crippen molar-refractivity contribution in [2.45, 2.75) is 58.5 Å². The van der Waals surface area contributed by atoms with Crippen LogP contribution in [0.15, 0.2) is 29.3 Å². The number of ether oxygens (including phenoxy) is 1. The van der Waals surface area contributed by atoms with Crippen LogP contribution in [0.2, 0.25) is 0 Å². The molecule has 1 saturated heterocycles. The molecule has 2 rings (SSSR count). The number of nitrogens with two attached hydrogens (primary N) is 1. The Labute approximate surface area is 175 Å². The fraction of sp³-hybridized carbons (Fsp3) is 0.650. The van der Waals surface area contributed by atoms with Gasteiger partial charge in [-0.1, -0.05) is 12.8 Å². The molecule has 0 radical (unpaired) electrons. The van der Waals surface area contributed by atoms with Crippen LogP contribution >= 0.6 is 24.0 Å². The van der Waals surface area contributed by atoms with Crippen molar-refractivity contribution in [3.05, 3.63) is 24.3 Å². The first kappa shape index (κ1) is 23.0. The lowest BCUT2D eigenvalue weighted by Crippen LogP contribution is -2.30. The molecule has 1 aliphatic heterocycles. The zero-order valence-electron chi connectivity index (χ0n) is 16.2. The van der Waals surface area contributed by atoms with Gasteiger partial charge in [-0.25, -0.2) is 0 Å². The summed E-state index contributed by atoms with van der Waals surface area (Å²) in [6.07, 6.45) is 7.91. The Morgan fingerprint density at radius 3 is 2.46 bits per heavy atom.